The second kappa shape index (κ2) is 7.47. The lowest BCUT2D eigenvalue weighted by Gasteiger charge is -2.35. The van der Waals surface area contributed by atoms with Crippen molar-refractivity contribution in [3.63, 3.8) is 0 Å². The molecule has 1 amide bonds. The number of hydrogen-bond acceptors (Lipinski definition) is 5. The molecule has 1 atom stereocenters. The first-order valence-electron chi connectivity index (χ1n) is 8.21. The smallest absolute Gasteiger partial charge is 0.410 e. The molecule has 0 aromatic carbocycles. The largest absolute Gasteiger partial charge is 0.444 e. The van der Waals surface area contributed by atoms with Crippen LogP contribution in [0.1, 0.15) is 33.6 Å². The molecule has 2 rings (SSSR count). The lowest BCUT2D eigenvalue weighted by atomic mass is 9.91. The summed E-state index contributed by atoms with van der Waals surface area (Å²) < 4.78 is 5.45. The summed E-state index contributed by atoms with van der Waals surface area (Å²) in [5.74, 6) is 0.426. The normalized spacial score (nSPS) is 26.1. The Morgan fingerprint density at radius 2 is 2.04 bits per heavy atom. The third-order valence-corrected chi connectivity index (χ3v) is 5.77. The number of aliphatic imine (C=N–C) groups is 1. The van der Waals surface area contributed by atoms with E-state index in [-0.39, 0.29) is 11.3 Å². The molecule has 2 aliphatic rings. The Morgan fingerprint density at radius 1 is 1.42 bits per heavy atom. The molecule has 0 aliphatic carbocycles. The first-order valence-corrected chi connectivity index (χ1v) is 9.09. The predicted octanol–water partition coefficient (Wildman–Crippen LogP) is 3.07. The molecule has 0 radical (unpaired) electrons. The Hall–Kier alpha value is -1.68. The Kier molecular flexibility index (Phi) is 5.81. The van der Waals surface area contributed by atoms with E-state index in [9.17, 15) is 4.79 Å². The van der Waals surface area contributed by atoms with Crippen LogP contribution in [0.4, 0.5) is 4.79 Å². The van der Waals surface area contributed by atoms with Gasteiger partial charge in [0.2, 0.25) is 0 Å². The third-order valence-electron chi connectivity index (χ3n) is 4.22. The van der Waals surface area contributed by atoms with E-state index in [1.165, 1.54) is 0 Å². The van der Waals surface area contributed by atoms with Crippen molar-refractivity contribution in [2.45, 2.75) is 44.5 Å². The number of ether oxygens (including phenoxy) is 1. The number of rotatable bonds is 1. The molecule has 132 valence electrons. The number of thioether (sulfide) groups is 1. The van der Waals surface area contributed by atoms with Gasteiger partial charge in [0.15, 0.2) is 5.17 Å². The summed E-state index contributed by atoms with van der Waals surface area (Å²) in [7, 11) is 3.73. The Balaban J connectivity index is 2.00. The fraction of sp³-hybridized carbons (Fsp3) is 0.706. The van der Waals surface area contributed by atoms with E-state index < -0.39 is 5.60 Å². The van der Waals surface area contributed by atoms with E-state index in [2.05, 4.69) is 11.1 Å². The molecule has 2 heterocycles. The third kappa shape index (κ3) is 4.23. The minimum absolute atomic E-state index is 0.231. The van der Waals surface area contributed by atoms with Crippen LogP contribution >= 0.6 is 11.8 Å². The molecular formula is C17H26N4O2S. The molecule has 6 nitrogen and oxygen atoms in total. The van der Waals surface area contributed by atoms with Crippen LogP contribution in [0.2, 0.25) is 0 Å². The standard InChI is InChI=1S/C17H26N4O2S/c1-17(2,3)23-16(22)21-10-7-12(8-11-21)14-13(6-9-18)20(5)15(19-4)24-14/h6,12,14H,7-8,10-11H2,1-5H3/b13-6+,19-15-. The fourth-order valence-corrected chi connectivity index (χ4v) is 4.46. The zero-order valence-corrected chi connectivity index (χ0v) is 15.9. The summed E-state index contributed by atoms with van der Waals surface area (Å²) >= 11 is 1.71. The predicted molar refractivity (Wildman–Crippen MR) is 96.7 cm³/mol. The average molecular weight is 350 g/mol. The van der Waals surface area contributed by atoms with Gasteiger partial charge >= 0.3 is 6.09 Å². The van der Waals surface area contributed by atoms with E-state index >= 15 is 0 Å². The van der Waals surface area contributed by atoms with Crippen molar-refractivity contribution < 1.29 is 9.53 Å². The maximum atomic E-state index is 12.2. The molecule has 7 heteroatoms. The second-order valence-electron chi connectivity index (χ2n) is 7.11. The van der Waals surface area contributed by atoms with Crippen LogP contribution in [-0.4, -0.2) is 59.1 Å². The van der Waals surface area contributed by atoms with Crippen molar-refractivity contribution in [3.8, 4) is 6.07 Å². The maximum absolute atomic E-state index is 12.2. The summed E-state index contributed by atoms with van der Waals surface area (Å²) in [6.07, 6.45) is 3.20. The van der Waals surface area contributed by atoms with E-state index in [1.54, 1.807) is 29.8 Å². The molecule has 0 spiro atoms. The van der Waals surface area contributed by atoms with Gasteiger partial charge in [0.05, 0.1) is 11.3 Å². The Bertz CT molecular complexity index is 580. The molecular weight excluding hydrogens is 324 g/mol. The highest BCUT2D eigenvalue weighted by atomic mass is 32.2. The number of amidine groups is 1. The van der Waals surface area contributed by atoms with E-state index in [0.29, 0.717) is 19.0 Å². The molecule has 2 saturated heterocycles. The van der Waals surface area contributed by atoms with Crippen LogP contribution < -0.4 is 0 Å². The fourth-order valence-electron chi connectivity index (χ4n) is 3.05. The Morgan fingerprint density at radius 3 is 2.54 bits per heavy atom. The van der Waals surface area contributed by atoms with Gasteiger partial charge in [0.1, 0.15) is 5.60 Å². The maximum Gasteiger partial charge on any atom is 0.410 e. The number of likely N-dealkylation sites (tertiary alicyclic amines) is 1. The van der Waals surface area contributed by atoms with Crippen LogP contribution in [0, 0.1) is 17.2 Å². The van der Waals surface area contributed by atoms with Gasteiger partial charge in [-0.3, -0.25) is 4.99 Å². The summed E-state index contributed by atoms with van der Waals surface area (Å²) in [5.41, 5.74) is 0.548. The molecule has 0 N–H and O–H groups in total. The van der Waals surface area contributed by atoms with Gasteiger partial charge < -0.3 is 14.5 Å². The number of carbonyl (C=O) groups is 1. The second-order valence-corrected chi connectivity index (χ2v) is 8.22. The molecule has 24 heavy (non-hydrogen) atoms. The summed E-state index contributed by atoms with van der Waals surface area (Å²) in [6, 6.07) is 2.15. The number of allylic oxidation sites excluding steroid dienone is 1. The highest BCUT2D eigenvalue weighted by Crippen LogP contribution is 2.41. The first-order chi connectivity index (χ1) is 11.3. The minimum atomic E-state index is -0.465. The molecule has 1 unspecified atom stereocenters. The number of nitrogens with zero attached hydrogens (tertiary/aromatic N) is 4. The van der Waals surface area contributed by atoms with Gasteiger partial charge in [-0.2, -0.15) is 5.26 Å². The lowest BCUT2D eigenvalue weighted by molar-refractivity contribution is 0.0185. The van der Waals surface area contributed by atoms with Crippen LogP contribution in [0.15, 0.2) is 16.8 Å². The quantitative estimate of drug-likeness (QED) is 0.680. The number of amides is 1. The Labute approximate surface area is 148 Å². The molecule has 2 fully saturated rings. The van der Waals surface area contributed by atoms with Crippen molar-refractivity contribution >= 4 is 23.0 Å². The monoisotopic (exact) mass is 350 g/mol. The summed E-state index contributed by atoms with van der Waals surface area (Å²) in [4.78, 5) is 20.3. The van der Waals surface area contributed by atoms with Gasteiger partial charge in [0, 0.05) is 39.0 Å². The summed E-state index contributed by atoms with van der Waals surface area (Å²) in [6.45, 7) is 7.03. The van der Waals surface area contributed by atoms with Crippen molar-refractivity contribution in [2.75, 3.05) is 27.2 Å². The van der Waals surface area contributed by atoms with Gasteiger partial charge in [-0.15, -0.1) is 0 Å². The SMILES string of the molecule is C/N=C1\SC(C2CCN(C(=O)OC(C)(C)C)CC2)/C(=C\C#N)N1C. The number of piperidine rings is 1. The molecule has 0 bridgehead atoms. The van der Waals surface area contributed by atoms with Gasteiger partial charge in [-0.25, -0.2) is 4.79 Å². The van der Waals surface area contributed by atoms with Crippen LogP contribution in [-0.2, 0) is 4.74 Å². The van der Waals surface area contributed by atoms with E-state index in [4.69, 9.17) is 10.00 Å². The minimum Gasteiger partial charge on any atom is -0.444 e. The van der Waals surface area contributed by atoms with Gasteiger partial charge in [-0.1, -0.05) is 11.8 Å². The van der Waals surface area contributed by atoms with Crippen LogP contribution in [0.3, 0.4) is 0 Å². The van der Waals surface area contributed by atoms with Crippen molar-refractivity contribution in [2.24, 2.45) is 10.9 Å². The van der Waals surface area contributed by atoms with Crippen molar-refractivity contribution in [1.82, 2.24) is 9.80 Å². The van der Waals surface area contributed by atoms with Crippen LogP contribution in [0.25, 0.3) is 0 Å². The van der Waals surface area contributed by atoms with Crippen molar-refractivity contribution in [1.29, 1.82) is 5.26 Å². The topological polar surface area (TPSA) is 68.9 Å². The molecule has 0 saturated carbocycles. The highest BCUT2D eigenvalue weighted by molar-refractivity contribution is 8.14. The van der Waals surface area contributed by atoms with Crippen LogP contribution in [0.5, 0.6) is 0 Å². The average Bonchev–Trinajstić information content (AvgIpc) is 2.83. The van der Waals surface area contributed by atoms with E-state index in [1.807, 2.05) is 32.7 Å². The van der Waals surface area contributed by atoms with Gasteiger partial charge in [0.25, 0.3) is 0 Å². The number of nitriles is 1. The number of carbonyl (C=O) groups excluding carboxylic acids is 1. The highest BCUT2D eigenvalue weighted by Gasteiger charge is 2.39. The first kappa shape index (κ1) is 18.7. The number of hydrogen-bond donors (Lipinski definition) is 0. The molecule has 2 aliphatic heterocycles. The zero-order chi connectivity index (χ0) is 17.9. The van der Waals surface area contributed by atoms with Crippen molar-refractivity contribution in [3.05, 3.63) is 11.8 Å². The van der Waals surface area contributed by atoms with E-state index in [0.717, 1.165) is 23.7 Å². The molecule has 0 aromatic heterocycles. The lowest BCUT2D eigenvalue weighted by Crippen LogP contribution is -2.43. The summed E-state index contributed by atoms with van der Waals surface area (Å²) in [5, 5.41) is 10.2. The van der Waals surface area contributed by atoms with Gasteiger partial charge in [-0.05, 0) is 39.5 Å². The molecule has 0 aromatic rings. The zero-order valence-electron chi connectivity index (χ0n) is 15.1.